The van der Waals surface area contributed by atoms with Crippen molar-refractivity contribution in [3.05, 3.63) is 66.5 Å². The van der Waals surface area contributed by atoms with Crippen molar-refractivity contribution < 1.29 is 14.3 Å². The van der Waals surface area contributed by atoms with Crippen molar-refractivity contribution in [3.8, 4) is 22.1 Å². The summed E-state index contributed by atoms with van der Waals surface area (Å²) in [7, 11) is 3.42. The number of carbonyl (C=O) groups excluding carboxylic acids is 1. The van der Waals surface area contributed by atoms with Gasteiger partial charge in [0.05, 0.1) is 7.11 Å². The van der Waals surface area contributed by atoms with Crippen LogP contribution in [0.4, 0.5) is 5.13 Å². The van der Waals surface area contributed by atoms with Crippen LogP contribution in [-0.2, 0) is 13.7 Å². The molecule has 9 nitrogen and oxygen atoms in total. The molecular weight excluding hydrogens is 404 g/mol. The van der Waals surface area contributed by atoms with Crippen molar-refractivity contribution in [2.24, 2.45) is 7.05 Å². The van der Waals surface area contributed by atoms with Crippen molar-refractivity contribution in [3.63, 3.8) is 0 Å². The van der Waals surface area contributed by atoms with Gasteiger partial charge in [0.1, 0.15) is 17.4 Å². The molecule has 3 heterocycles. The lowest BCUT2D eigenvalue weighted by molar-refractivity contribution is 0.102. The monoisotopic (exact) mass is 422 g/mol. The number of hydrogen-bond acceptors (Lipinski definition) is 8. The largest absolute Gasteiger partial charge is 0.493 e. The molecule has 0 bridgehead atoms. The maximum absolute atomic E-state index is 12.6. The molecule has 30 heavy (non-hydrogen) atoms. The van der Waals surface area contributed by atoms with Crippen molar-refractivity contribution in [2.75, 3.05) is 12.4 Å². The van der Waals surface area contributed by atoms with Gasteiger partial charge >= 0.3 is 0 Å². The Bertz CT molecular complexity index is 1160. The lowest BCUT2D eigenvalue weighted by Gasteiger charge is -2.12. The number of aromatic nitrogens is 5. The number of methoxy groups -OCH3 is 1. The first-order valence-electron chi connectivity index (χ1n) is 8.96. The number of nitrogens with zero attached hydrogens (tertiary/aromatic N) is 5. The van der Waals surface area contributed by atoms with Gasteiger partial charge in [0, 0.05) is 43.0 Å². The second-order valence-corrected chi connectivity index (χ2v) is 7.19. The third-order valence-electron chi connectivity index (χ3n) is 4.28. The fraction of sp³-hybridized carbons (Fsp3) is 0.150. The molecule has 0 fully saturated rings. The molecule has 3 aromatic heterocycles. The summed E-state index contributed by atoms with van der Waals surface area (Å²) in [4.78, 5) is 20.8. The van der Waals surface area contributed by atoms with Crippen LogP contribution in [0, 0.1) is 0 Å². The van der Waals surface area contributed by atoms with Gasteiger partial charge in [-0.15, -0.1) is 10.2 Å². The molecule has 152 valence electrons. The second-order valence-electron chi connectivity index (χ2n) is 6.21. The normalized spacial score (nSPS) is 10.6. The van der Waals surface area contributed by atoms with Gasteiger partial charge in [0.15, 0.2) is 11.5 Å². The molecule has 10 heteroatoms. The molecule has 0 aliphatic carbocycles. The van der Waals surface area contributed by atoms with E-state index in [9.17, 15) is 4.79 Å². The molecule has 0 saturated heterocycles. The van der Waals surface area contributed by atoms with Crippen molar-refractivity contribution >= 4 is 22.4 Å². The summed E-state index contributed by atoms with van der Waals surface area (Å²) < 4.78 is 13.0. The predicted octanol–water partition coefficient (Wildman–Crippen LogP) is 3.17. The van der Waals surface area contributed by atoms with Crippen LogP contribution in [0.15, 0.2) is 55.1 Å². The molecular formula is C20H18N6O3S. The zero-order valence-electron chi connectivity index (χ0n) is 16.3. The Labute approximate surface area is 176 Å². The lowest BCUT2D eigenvalue weighted by atomic mass is 10.2. The van der Waals surface area contributed by atoms with Gasteiger partial charge in [0.25, 0.3) is 5.91 Å². The van der Waals surface area contributed by atoms with E-state index in [0.717, 1.165) is 11.4 Å². The summed E-state index contributed by atoms with van der Waals surface area (Å²) in [6, 6.07) is 8.64. The van der Waals surface area contributed by atoms with Gasteiger partial charge in [0.2, 0.25) is 5.13 Å². The minimum atomic E-state index is -0.318. The fourth-order valence-corrected chi connectivity index (χ4v) is 3.40. The van der Waals surface area contributed by atoms with Crippen LogP contribution >= 0.6 is 11.3 Å². The molecule has 0 spiro atoms. The number of ether oxygens (including phenoxy) is 2. The summed E-state index contributed by atoms with van der Waals surface area (Å²) in [5.74, 6) is 1.43. The highest BCUT2D eigenvalue weighted by molar-refractivity contribution is 7.18. The second kappa shape index (κ2) is 8.70. The zero-order valence-corrected chi connectivity index (χ0v) is 17.1. The first kappa shape index (κ1) is 19.5. The van der Waals surface area contributed by atoms with E-state index >= 15 is 0 Å². The molecule has 4 aromatic rings. The number of amides is 1. The Morgan fingerprint density at radius 1 is 1.13 bits per heavy atom. The van der Waals surface area contributed by atoms with Crippen LogP contribution in [0.25, 0.3) is 10.6 Å². The van der Waals surface area contributed by atoms with Gasteiger partial charge in [-0.2, -0.15) is 0 Å². The maximum atomic E-state index is 12.6. The van der Waals surface area contributed by atoms with E-state index in [1.165, 1.54) is 18.4 Å². The summed E-state index contributed by atoms with van der Waals surface area (Å²) in [6.07, 6.45) is 6.91. The zero-order chi connectivity index (χ0) is 20.9. The smallest absolute Gasteiger partial charge is 0.257 e. The highest BCUT2D eigenvalue weighted by Crippen LogP contribution is 2.30. The molecule has 0 aliphatic rings. The van der Waals surface area contributed by atoms with Crippen LogP contribution in [0.5, 0.6) is 11.5 Å². The molecule has 4 rings (SSSR count). The Balaban J connectivity index is 1.45. The molecule has 1 aromatic carbocycles. The average molecular weight is 422 g/mol. The first-order valence-corrected chi connectivity index (χ1v) is 9.78. The number of benzene rings is 1. The van der Waals surface area contributed by atoms with E-state index in [-0.39, 0.29) is 12.5 Å². The van der Waals surface area contributed by atoms with E-state index in [1.807, 2.05) is 29.9 Å². The van der Waals surface area contributed by atoms with Gasteiger partial charge in [-0.25, -0.2) is 4.98 Å². The number of aryl methyl sites for hydroxylation is 1. The Kier molecular flexibility index (Phi) is 5.66. The van der Waals surface area contributed by atoms with Crippen LogP contribution in [0.3, 0.4) is 0 Å². The molecule has 0 aliphatic heterocycles. The number of rotatable bonds is 7. The number of carbonyl (C=O) groups is 1. The van der Waals surface area contributed by atoms with Crippen LogP contribution in [-0.4, -0.2) is 37.7 Å². The van der Waals surface area contributed by atoms with Gasteiger partial charge in [-0.3, -0.25) is 15.1 Å². The summed E-state index contributed by atoms with van der Waals surface area (Å²) in [5, 5.41) is 12.0. The predicted molar refractivity (Wildman–Crippen MR) is 112 cm³/mol. The SMILES string of the molecule is COc1cc(C(=O)Nc2nnc(-c3ccncc3)s2)ccc1OCc1nccn1C. The van der Waals surface area contributed by atoms with Gasteiger partial charge < -0.3 is 14.0 Å². The van der Waals surface area contributed by atoms with E-state index in [1.54, 1.807) is 36.8 Å². The number of hydrogen-bond donors (Lipinski definition) is 1. The maximum Gasteiger partial charge on any atom is 0.257 e. The Hall–Kier alpha value is -3.79. The van der Waals surface area contributed by atoms with Crippen molar-refractivity contribution in [1.29, 1.82) is 0 Å². The van der Waals surface area contributed by atoms with Crippen molar-refractivity contribution in [1.82, 2.24) is 24.7 Å². The molecule has 1 amide bonds. The number of nitrogens with one attached hydrogen (secondary N) is 1. The van der Waals surface area contributed by atoms with Crippen LogP contribution in [0.2, 0.25) is 0 Å². The van der Waals surface area contributed by atoms with Crippen LogP contribution < -0.4 is 14.8 Å². The van der Waals surface area contributed by atoms with Crippen LogP contribution in [0.1, 0.15) is 16.2 Å². The highest BCUT2D eigenvalue weighted by atomic mass is 32.1. The minimum Gasteiger partial charge on any atom is -0.493 e. The summed E-state index contributed by atoms with van der Waals surface area (Å²) in [6.45, 7) is 0.286. The number of pyridine rings is 1. The van der Waals surface area contributed by atoms with Gasteiger partial charge in [-0.05, 0) is 30.3 Å². The Morgan fingerprint density at radius 2 is 1.97 bits per heavy atom. The standard InChI is InChI=1S/C20H18N6O3S/c1-26-10-9-22-17(26)12-29-15-4-3-14(11-16(15)28-2)18(27)23-20-25-24-19(30-20)13-5-7-21-8-6-13/h3-11H,12H2,1-2H3,(H,23,25,27). The van der Waals surface area contributed by atoms with E-state index < -0.39 is 0 Å². The molecule has 0 saturated carbocycles. The third kappa shape index (κ3) is 4.28. The van der Waals surface area contributed by atoms with E-state index in [0.29, 0.717) is 27.2 Å². The number of imidazole rings is 1. The van der Waals surface area contributed by atoms with E-state index in [4.69, 9.17) is 9.47 Å². The average Bonchev–Trinajstić information content (AvgIpc) is 3.41. The molecule has 0 atom stereocenters. The summed E-state index contributed by atoms with van der Waals surface area (Å²) >= 11 is 1.28. The first-order chi connectivity index (χ1) is 14.6. The highest BCUT2D eigenvalue weighted by Gasteiger charge is 2.15. The number of anilines is 1. The lowest BCUT2D eigenvalue weighted by Crippen LogP contribution is -2.12. The minimum absolute atomic E-state index is 0.286. The van der Waals surface area contributed by atoms with Gasteiger partial charge in [-0.1, -0.05) is 11.3 Å². The van der Waals surface area contributed by atoms with E-state index in [2.05, 4.69) is 25.5 Å². The summed E-state index contributed by atoms with van der Waals surface area (Å²) in [5.41, 5.74) is 1.30. The fourth-order valence-electron chi connectivity index (χ4n) is 2.66. The molecule has 0 unspecified atom stereocenters. The topological polar surface area (TPSA) is 104 Å². The molecule has 1 N–H and O–H groups in total. The van der Waals surface area contributed by atoms with Crippen molar-refractivity contribution in [2.45, 2.75) is 6.61 Å². The third-order valence-corrected chi connectivity index (χ3v) is 5.16. The Morgan fingerprint density at radius 3 is 2.70 bits per heavy atom. The quantitative estimate of drug-likeness (QED) is 0.488. The molecule has 0 radical (unpaired) electrons.